The minimum Gasteiger partial charge on any atom is -0.397 e. The van der Waals surface area contributed by atoms with Crippen LogP contribution in [0.15, 0.2) is 30.5 Å². The number of nitrogen functional groups attached to an aromatic ring is 1. The highest BCUT2D eigenvalue weighted by Crippen LogP contribution is 2.31. The van der Waals surface area contributed by atoms with Crippen molar-refractivity contribution >= 4 is 23.4 Å². The number of benzene rings is 1. The lowest BCUT2D eigenvalue weighted by Gasteiger charge is -2.29. The molecule has 7 heteroatoms. The van der Waals surface area contributed by atoms with Gasteiger partial charge in [0.15, 0.2) is 0 Å². The first-order valence-electron chi connectivity index (χ1n) is 8.44. The highest BCUT2D eigenvalue weighted by atomic mass is 16.2. The van der Waals surface area contributed by atoms with Gasteiger partial charge in [0.05, 0.1) is 17.6 Å². The van der Waals surface area contributed by atoms with Crippen molar-refractivity contribution in [3.05, 3.63) is 47.2 Å². The molecule has 1 fully saturated rings. The fraction of sp³-hybridized carbons (Fsp3) is 0.263. The number of nitrogens with zero attached hydrogens (tertiary/aromatic N) is 2. The predicted molar refractivity (Wildman–Crippen MR) is 94.9 cm³/mol. The number of hydrogen-bond donors (Lipinski definition) is 2. The number of piperidine rings is 1. The van der Waals surface area contributed by atoms with Crippen molar-refractivity contribution in [2.75, 3.05) is 5.73 Å². The first-order valence-corrected chi connectivity index (χ1v) is 8.44. The lowest BCUT2D eigenvalue weighted by Crippen LogP contribution is -2.52. The van der Waals surface area contributed by atoms with Crippen molar-refractivity contribution in [3.63, 3.8) is 0 Å². The number of rotatable bonds is 2. The van der Waals surface area contributed by atoms with Gasteiger partial charge in [-0.1, -0.05) is 6.07 Å². The van der Waals surface area contributed by atoms with Gasteiger partial charge in [-0.3, -0.25) is 24.7 Å². The summed E-state index contributed by atoms with van der Waals surface area (Å²) in [7, 11) is 0. The molecule has 0 bridgehead atoms. The van der Waals surface area contributed by atoms with Crippen LogP contribution in [0.1, 0.15) is 34.3 Å². The fourth-order valence-corrected chi connectivity index (χ4v) is 3.62. The van der Waals surface area contributed by atoms with Crippen LogP contribution in [0, 0.1) is 6.92 Å². The normalized spacial score (nSPS) is 19.5. The van der Waals surface area contributed by atoms with Crippen LogP contribution in [-0.4, -0.2) is 33.6 Å². The zero-order valence-corrected chi connectivity index (χ0v) is 14.3. The summed E-state index contributed by atoms with van der Waals surface area (Å²) in [5.74, 6) is -0.871. The van der Waals surface area contributed by atoms with Gasteiger partial charge in [-0.05, 0) is 42.7 Å². The molecule has 26 heavy (non-hydrogen) atoms. The van der Waals surface area contributed by atoms with Gasteiger partial charge in [0.25, 0.3) is 5.91 Å². The molecule has 3 amide bonds. The van der Waals surface area contributed by atoms with E-state index in [1.54, 1.807) is 17.2 Å². The van der Waals surface area contributed by atoms with E-state index in [9.17, 15) is 14.4 Å². The van der Waals surface area contributed by atoms with Crippen LogP contribution in [-0.2, 0) is 16.1 Å². The SMILES string of the molecule is Cc1cc(N)cnc1-c1ccc2c(c1)CN(C1CCC(=O)NC1=O)C2=O. The molecule has 2 aliphatic rings. The third-order valence-corrected chi connectivity index (χ3v) is 4.90. The van der Waals surface area contributed by atoms with E-state index in [0.29, 0.717) is 24.2 Å². The lowest BCUT2D eigenvalue weighted by molar-refractivity contribution is -0.136. The number of aromatic nitrogens is 1. The number of amides is 3. The second kappa shape index (κ2) is 5.94. The maximum absolute atomic E-state index is 12.7. The molecule has 2 aromatic rings. The van der Waals surface area contributed by atoms with Crippen molar-refractivity contribution in [2.45, 2.75) is 32.4 Å². The fourth-order valence-electron chi connectivity index (χ4n) is 3.62. The number of pyridine rings is 1. The van der Waals surface area contributed by atoms with Gasteiger partial charge in [-0.15, -0.1) is 0 Å². The Morgan fingerprint density at radius 2 is 2.04 bits per heavy atom. The van der Waals surface area contributed by atoms with E-state index in [0.717, 1.165) is 22.4 Å². The quantitative estimate of drug-likeness (QED) is 0.797. The first kappa shape index (κ1) is 16.3. The molecule has 0 spiro atoms. The van der Waals surface area contributed by atoms with E-state index >= 15 is 0 Å². The Balaban J connectivity index is 1.65. The number of nitrogens with one attached hydrogen (secondary N) is 1. The molecule has 0 radical (unpaired) electrons. The smallest absolute Gasteiger partial charge is 0.255 e. The molecule has 1 unspecified atom stereocenters. The highest BCUT2D eigenvalue weighted by molar-refractivity contribution is 6.05. The van der Waals surface area contributed by atoms with Gasteiger partial charge in [0.1, 0.15) is 6.04 Å². The number of aryl methyl sites for hydroxylation is 1. The third kappa shape index (κ3) is 2.61. The van der Waals surface area contributed by atoms with Crippen LogP contribution in [0.3, 0.4) is 0 Å². The Hall–Kier alpha value is -3.22. The minimum absolute atomic E-state index is 0.178. The number of carbonyl (C=O) groups is 3. The topological polar surface area (TPSA) is 105 Å². The molecule has 2 aliphatic heterocycles. The predicted octanol–water partition coefficient (Wildman–Crippen LogP) is 1.40. The zero-order chi connectivity index (χ0) is 18.4. The first-order chi connectivity index (χ1) is 12.4. The van der Waals surface area contributed by atoms with Crippen molar-refractivity contribution in [2.24, 2.45) is 0 Å². The Morgan fingerprint density at radius 3 is 2.77 bits per heavy atom. The molecular weight excluding hydrogens is 332 g/mol. The number of nitrogens with two attached hydrogens (primary N) is 1. The highest BCUT2D eigenvalue weighted by Gasteiger charge is 2.39. The number of hydrogen-bond acceptors (Lipinski definition) is 5. The Labute approximate surface area is 150 Å². The second-order valence-electron chi connectivity index (χ2n) is 6.71. The maximum Gasteiger partial charge on any atom is 0.255 e. The van der Waals surface area contributed by atoms with Crippen LogP contribution in [0.25, 0.3) is 11.3 Å². The van der Waals surface area contributed by atoms with Crippen LogP contribution < -0.4 is 11.1 Å². The molecule has 3 N–H and O–H groups in total. The summed E-state index contributed by atoms with van der Waals surface area (Å²) < 4.78 is 0. The van der Waals surface area contributed by atoms with Gasteiger partial charge >= 0.3 is 0 Å². The maximum atomic E-state index is 12.7. The van der Waals surface area contributed by atoms with Crippen LogP contribution in [0.2, 0.25) is 0 Å². The molecule has 0 aliphatic carbocycles. The van der Waals surface area contributed by atoms with Crippen molar-refractivity contribution in [1.82, 2.24) is 15.2 Å². The van der Waals surface area contributed by atoms with Crippen molar-refractivity contribution in [1.29, 1.82) is 0 Å². The molecule has 3 heterocycles. The van der Waals surface area contributed by atoms with E-state index in [2.05, 4.69) is 10.3 Å². The van der Waals surface area contributed by atoms with Crippen molar-refractivity contribution < 1.29 is 14.4 Å². The van der Waals surface area contributed by atoms with E-state index in [-0.39, 0.29) is 18.2 Å². The lowest BCUT2D eigenvalue weighted by atomic mass is 10.0. The summed E-state index contributed by atoms with van der Waals surface area (Å²) in [6.45, 7) is 2.29. The largest absolute Gasteiger partial charge is 0.397 e. The monoisotopic (exact) mass is 350 g/mol. The van der Waals surface area contributed by atoms with Gasteiger partial charge in [-0.2, -0.15) is 0 Å². The average Bonchev–Trinajstić information content (AvgIpc) is 2.91. The summed E-state index contributed by atoms with van der Waals surface area (Å²) in [4.78, 5) is 42.1. The zero-order valence-electron chi connectivity index (χ0n) is 14.3. The summed E-state index contributed by atoms with van der Waals surface area (Å²) in [5.41, 5.74) is 10.5. The molecule has 4 rings (SSSR count). The number of fused-ring (bicyclic) bond motifs is 1. The van der Waals surface area contributed by atoms with Gasteiger partial charge in [-0.25, -0.2) is 0 Å². The number of carbonyl (C=O) groups excluding carboxylic acids is 3. The van der Waals surface area contributed by atoms with Gasteiger partial charge in [0, 0.05) is 24.1 Å². The molecule has 0 saturated carbocycles. The third-order valence-electron chi connectivity index (χ3n) is 4.90. The molecule has 1 saturated heterocycles. The average molecular weight is 350 g/mol. The molecule has 1 atom stereocenters. The minimum atomic E-state index is -0.604. The van der Waals surface area contributed by atoms with Crippen molar-refractivity contribution in [3.8, 4) is 11.3 Å². The standard InChI is InChI=1S/C19H18N4O3/c1-10-6-13(20)8-21-17(10)11-2-3-14-12(7-11)9-23(19(14)26)15-4-5-16(24)22-18(15)25/h2-3,6-8,15H,4-5,9,20H2,1H3,(H,22,24,25). The summed E-state index contributed by atoms with van der Waals surface area (Å²) in [5, 5.41) is 2.31. The molecule has 132 valence electrons. The van der Waals surface area contributed by atoms with Gasteiger partial charge in [0.2, 0.25) is 11.8 Å². The van der Waals surface area contributed by atoms with Gasteiger partial charge < -0.3 is 10.6 Å². The second-order valence-corrected chi connectivity index (χ2v) is 6.71. The number of imide groups is 1. The van der Waals surface area contributed by atoms with E-state index in [1.165, 1.54) is 0 Å². The summed E-state index contributed by atoms with van der Waals surface area (Å²) >= 11 is 0. The molecule has 7 nitrogen and oxygen atoms in total. The molecular formula is C19H18N4O3. The Kier molecular flexibility index (Phi) is 3.72. The van der Waals surface area contributed by atoms with E-state index < -0.39 is 11.9 Å². The van der Waals surface area contributed by atoms with Crippen LogP contribution >= 0.6 is 0 Å². The number of anilines is 1. The molecule has 1 aromatic heterocycles. The molecule has 1 aromatic carbocycles. The van der Waals surface area contributed by atoms with Crippen LogP contribution in [0.4, 0.5) is 5.69 Å². The summed E-state index contributed by atoms with van der Waals surface area (Å²) in [6.07, 6.45) is 2.21. The van der Waals surface area contributed by atoms with E-state index in [4.69, 9.17) is 5.73 Å². The summed E-state index contributed by atoms with van der Waals surface area (Å²) in [6, 6.07) is 6.82. The Morgan fingerprint density at radius 1 is 1.23 bits per heavy atom. The van der Waals surface area contributed by atoms with E-state index in [1.807, 2.05) is 25.1 Å². The van der Waals surface area contributed by atoms with Crippen LogP contribution in [0.5, 0.6) is 0 Å². The Bertz CT molecular complexity index is 954.